The van der Waals surface area contributed by atoms with E-state index in [0.29, 0.717) is 6.04 Å². The summed E-state index contributed by atoms with van der Waals surface area (Å²) in [5.41, 5.74) is -0.0269. The van der Waals surface area contributed by atoms with Crippen LogP contribution in [0.2, 0.25) is 0 Å². The fourth-order valence-corrected chi connectivity index (χ4v) is 2.21. The molecule has 1 aliphatic carbocycles. The Morgan fingerprint density at radius 3 is 2.50 bits per heavy atom. The molecule has 1 atom stereocenters. The summed E-state index contributed by atoms with van der Waals surface area (Å²) in [4.78, 5) is 12.4. The van der Waals surface area contributed by atoms with Gasteiger partial charge in [-0.2, -0.15) is 0 Å². The smallest absolute Gasteiger partial charge is 0.333 e. The van der Waals surface area contributed by atoms with E-state index in [0.717, 1.165) is 18.4 Å². The van der Waals surface area contributed by atoms with Crippen molar-refractivity contribution in [3.63, 3.8) is 0 Å². The van der Waals surface area contributed by atoms with Crippen molar-refractivity contribution in [1.82, 2.24) is 5.32 Å². The van der Waals surface area contributed by atoms with Crippen LogP contribution in [0, 0.1) is 0 Å². The van der Waals surface area contributed by atoms with Gasteiger partial charge in [0.15, 0.2) is 5.54 Å². The van der Waals surface area contributed by atoms with Gasteiger partial charge in [0, 0.05) is 6.04 Å². The van der Waals surface area contributed by atoms with Crippen LogP contribution < -0.4 is 5.32 Å². The second-order valence-corrected chi connectivity index (χ2v) is 5.54. The molecule has 0 saturated heterocycles. The highest BCUT2D eigenvalue weighted by Crippen LogP contribution is 2.30. The van der Waals surface area contributed by atoms with Crippen molar-refractivity contribution in [2.24, 2.45) is 0 Å². The summed E-state index contributed by atoms with van der Waals surface area (Å²) in [6.45, 7) is 4.20. The highest BCUT2D eigenvalue weighted by Gasteiger charge is 2.45. The SMILES string of the molecule is COC(=O)C(COC(C)C)(NC1CC1)c1ccccc1. The Kier molecular flexibility index (Phi) is 4.78. The van der Waals surface area contributed by atoms with E-state index in [9.17, 15) is 4.79 Å². The normalized spacial score (nSPS) is 17.8. The Morgan fingerprint density at radius 2 is 2.00 bits per heavy atom. The van der Waals surface area contributed by atoms with Gasteiger partial charge in [-0.1, -0.05) is 30.3 Å². The number of ether oxygens (including phenoxy) is 2. The Bertz CT molecular complexity index is 442. The van der Waals surface area contributed by atoms with E-state index in [1.54, 1.807) is 0 Å². The molecule has 1 fully saturated rings. The maximum Gasteiger partial charge on any atom is 0.333 e. The quantitative estimate of drug-likeness (QED) is 0.776. The summed E-state index contributed by atoms with van der Waals surface area (Å²) >= 11 is 0. The lowest BCUT2D eigenvalue weighted by Gasteiger charge is -2.33. The summed E-state index contributed by atoms with van der Waals surface area (Å²) in [6, 6.07) is 10.0. The van der Waals surface area contributed by atoms with Gasteiger partial charge in [0.2, 0.25) is 0 Å². The third kappa shape index (κ3) is 3.38. The fraction of sp³-hybridized carbons (Fsp3) is 0.562. The third-order valence-electron chi connectivity index (χ3n) is 3.46. The lowest BCUT2D eigenvalue weighted by Crippen LogP contribution is -2.54. The summed E-state index contributed by atoms with van der Waals surface area (Å²) in [5.74, 6) is -0.295. The van der Waals surface area contributed by atoms with Crippen molar-refractivity contribution in [3.05, 3.63) is 35.9 Å². The molecule has 0 heterocycles. The van der Waals surface area contributed by atoms with Crippen LogP contribution in [0.25, 0.3) is 0 Å². The third-order valence-corrected chi connectivity index (χ3v) is 3.46. The zero-order valence-corrected chi connectivity index (χ0v) is 12.4. The number of rotatable bonds is 7. The molecule has 1 N–H and O–H groups in total. The second-order valence-electron chi connectivity index (χ2n) is 5.54. The zero-order chi connectivity index (χ0) is 14.6. The number of nitrogens with one attached hydrogen (secondary N) is 1. The Balaban J connectivity index is 2.33. The molecule has 4 nitrogen and oxygen atoms in total. The molecule has 20 heavy (non-hydrogen) atoms. The fourth-order valence-electron chi connectivity index (χ4n) is 2.21. The molecule has 1 unspecified atom stereocenters. The number of benzene rings is 1. The molecule has 0 aromatic heterocycles. The highest BCUT2D eigenvalue weighted by atomic mass is 16.5. The van der Waals surface area contributed by atoms with E-state index in [1.165, 1.54) is 7.11 Å². The van der Waals surface area contributed by atoms with Crippen molar-refractivity contribution >= 4 is 5.97 Å². The summed E-state index contributed by atoms with van der Waals surface area (Å²) in [6.07, 6.45) is 2.24. The number of hydrogen-bond acceptors (Lipinski definition) is 4. The van der Waals surface area contributed by atoms with Gasteiger partial charge in [0.25, 0.3) is 0 Å². The molecule has 0 spiro atoms. The molecule has 1 aliphatic rings. The minimum atomic E-state index is -0.915. The van der Waals surface area contributed by atoms with Gasteiger partial charge in [0.05, 0.1) is 19.8 Å². The van der Waals surface area contributed by atoms with Crippen molar-refractivity contribution < 1.29 is 14.3 Å². The second kappa shape index (κ2) is 6.37. The zero-order valence-electron chi connectivity index (χ0n) is 12.4. The maximum absolute atomic E-state index is 12.4. The van der Waals surface area contributed by atoms with E-state index in [2.05, 4.69) is 5.32 Å². The molecule has 1 aromatic rings. The predicted molar refractivity (Wildman–Crippen MR) is 77.4 cm³/mol. The van der Waals surface area contributed by atoms with Crippen LogP contribution in [-0.2, 0) is 19.8 Å². The first-order valence-electron chi connectivity index (χ1n) is 7.11. The van der Waals surface area contributed by atoms with Gasteiger partial charge in [-0.15, -0.1) is 0 Å². The summed E-state index contributed by atoms with van der Waals surface area (Å²) in [7, 11) is 1.42. The first-order valence-corrected chi connectivity index (χ1v) is 7.11. The molecule has 1 aromatic carbocycles. The van der Waals surface area contributed by atoms with Crippen LogP contribution in [0.5, 0.6) is 0 Å². The number of carbonyl (C=O) groups is 1. The van der Waals surface area contributed by atoms with Crippen molar-refractivity contribution in [2.75, 3.05) is 13.7 Å². The first kappa shape index (κ1) is 15.0. The number of carbonyl (C=O) groups excluding carboxylic acids is 1. The topological polar surface area (TPSA) is 47.6 Å². The average Bonchev–Trinajstić information content (AvgIpc) is 3.27. The van der Waals surface area contributed by atoms with Gasteiger partial charge in [0.1, 0.15) is 0 Å². The lowest BCUT2D eigenvalue weighted by atomic mass is 9.90. The Labute approximate surface area is 120 Å². The molecule has 2 rings (SSSR count). The Morgan fingerprint density at radius 1 is 1.35 bits per heavy atom. The minimum Gasteiger partial charge on any atom is -0.467 e. The van der Waals surface area contributed by atoms with Crippen LogP contribution in [0.1, 0.15) is 32.3 Å². The molecule has 0 radical (unpaired) electrons. The van der Waals surface area contributed by atoms with Crippen LogP contribution in [0.4, 0.5) is 0 Å². The lowest BCUT2D eigenvalue weighted by molar-refractivity contribution is -0.153. The first-order chi connectivity index (χ1) is 9.58. The van der Waals surface area contributed by atoms with Crippen molar-refractivity contribution in [3.8, 4) is 0 Å². The average molecular weight is 277 g/mol. The largest absolute Gasteiger partial charge is 0.467 e. The highest BCUT2D eigenvalue weighted by molar-refractivity contribution is 5.83. The standard InChI is InChI=1S/C16H23NO3/c1-12(2)20-11-16(15(18)19-3,17-14-9-10-14)13-7-5-4-6-8-13/h4-8,12,14,17H,9-11H2,1-3H3. The van der Waals surface area contributed by atoms with Crippen LogP contribution in [-0.4, -0.2) is 31.8 Å². The predicted octanol–water partition coefficient (Wildman–Crippen LogP) is 2.23. The summed E-state index contributed by atoms with van der Waals surface area (Å²) < 4.78 is 10.8. The van der Waals surface area contributed by atoms with E-state index in [1.807, 2.05) is 44.2 Å². The van der Waals surface area contributed by atoms with Gasteiger partial charge >= 0.3 is 5.97 Å². The van der Waals surface area contributed by atoms with Gasteiger partial charge in [-0.25, -0.2) is 4.79 Å². The van der Waals surface area contributed by atoms with E-state index >= 15 is 0 Å². The van der Waals surface area contributed by atoms with Gasteiger partial charge < -0.3 is 9.47 Å². The molecular weight excluding hydrogens is 254 g/mol. The minimum absolute atomic E-state index is 0.0590. The van der Waals surface area contributed by atoms with Gasteiger partial charge in [-0.3, -0.25) is 5.32 Å². The number of hydrogen-bond donors (Lipinski definition) is 1. The van der Waals surface area contributed by atoms with E-state index in [4.69, 9.17) is 9.47 Å². The molecule has 1 saturated carbocycles. The van der Waals surface area contributed by atoms with Gasteiger partial charge in [-0.05, 0) is 32.3 Å². The van der Waals surface area contributed by atoms with E-state index < -0.39 is 5.54 Å². The molecule has 110 valence electrons. The molecule has 0 bridgehead atoms. The molecule has 4 heteroatoms. The van der Waals surface area contributed by atoms with Crippen molar-refractivity contribution in [2.45, 2.75) is 44.4 Å². The monoisotopic (exact) mass is 277 g/mol. The number of esters is 1. The molecular formula is C16H23NO3. The molecule has 0 amide bonds. The van der Waals surface area contributed by atoms with Crippen LogP contribution >= 0.6 is 0 Å². The van der Waals surface area contributed by atoms with Crippen LogP contribution in [0.15, 0.2) is 30.3 Å². The van der Waals surface area contributed by atoms with Crippen LogP contribution in [0.3, 0.4) is 0 Å². The summed E-state index contributed by atoms with van der Waals surface area (Å²) in [5, 5.41) is 3.43. The van der Waals surface area contributed by atoms with Crippen molar-refractivity contribution in [1.29, 1.82) is 0 Å². The number of methoxy groups -OCH3 is 1. The maximum atomic E-state index is 12.4. The van der Waals surface area contributed by atoms with E-state index in [-0.39, 0.29) is 18.7 Å². The Hall–Kier alpha value is -1.39. The molecule has 0 aliphatic heterocycles.